The molecule has 1 aliphatic heterocycles. The molecule has 48 heavy (non-hydrogen) atoms. The number of hydrogen-bond donors (Lipinski definition) is 1. The van der Waals surface area contributed by atoms with E-state index in [0.29, 0.717) is 0 Å². The molecule has 1 N–H and O–H groups in total. The highest BCUT2D eigenvalue weighted by atomic mass is 15.0. The van der Waals surface area contributed by atoms with E-state index in [4.69, 9.17) is 0 Å². The Bertz CT molecular complexity index is 2980. The van der Waals surface area contributed by atoms with Crippen LogP contribution in [0, 0.1) is 13.8 Å². The minimum atomic E-state index is 0.889. The molecule has 7 aromatic carbocycles. The second-order valence-corrected chi connectivity index (χ2v) is 13.5. The van der Waals surface area contributed by atoms with Gasteiger partial charge in [-0.25, -0.2) is 0 Å². The summed E-state index contributed by atoms with van der Waals surface area (Å²) in [7, 11) is 0.889. The van der Waals surface area contributed by atoms with Crippen molar-refractivity contribution in [1.82, 2.24) is 8.97 Å². The largest absolute Gasteiger partial charge is 0.354 e. The zero-order valence-corrected chi connectivity index (χ0v) is 26.8. The van der Waals surface area contributed by atoms with Gasteiger partial charge in [0.05, 0.1) is 27.8 Å². The molecule has 0 spiro atoms. The van der Waals surface area contributed by atoms with Gasteiger partial charge in [-0.3, -0.25) is 0 Å². The number of aromatic nitrogens is 2. The third kappa shape index (κ3) is 3.29. The second kappa shape index (κ2) is 9.30. The summed E-state index contributed by atoms with van der Waals surface area (Å²) in [5.41, 5.74) is 17.7. The molecule has 0 unspecified atom stereocenters. The van der Waals surface area contributed by atoms with Crippen LogP contribution in [-0.4, -0.2) is 16.2 Å². The zero-order chi connectivity index (χ0) is 31.7. The zero-order valence-electron chi connectivity index (χ0n) is 26.8. The van der Waals surface area contributed by atoms with Gasteiger partial charge in [0.1, 0.15) is 0 Å². The molecule has 11 rings (SSSR count). The summed E-state index contributed by atoms with van der Waals surface area (Å²) in [4.78, 5) is 0. The summed E-state index contributed by atoms with van der Waals surface area (Å²) in [5, 5.41) is 11.8. The maximum absolute atomic E-state index is 4.02. The lowest BCUT2D eigenvalue weighted by Gasteiger charge is -2.25. The Kier molecular flexibility index (Phi) is 5.06. The molecule has 0 aliphatic carbocycles. The van der Waals surface area contributed by atoms with Crippen LogP contribution >= 0.6 is 0 Å². The summed E-state index contributed by atoms with van der Waals surface area (Å²) in [6.45, 7) is 4.43. The first-order valence-electron chi connectivity index (χ1n) is 16.8. The predicted octanol–water partition coefficient (Wildman–Crippen LogP) is 9.66. The van der Waals surface area contributed by atoms with Crippen LogP contribution in [0.15, 0.2) is 133 Å². The van der Waals surface area contributed by atoms with Crippen molar-refractivity contribution in [3.63, 3.8) is 0 Å². The lowest BCUT2D eigenvalue weighted by molar-refractivity contribution is 1.18. The number of para-hydroxylation sites is 5. The summed E-state index contributed by atoms with van der Waals surface area (Å²) in [6, 6.07) is 49.5. The van der Waals surface area contributed by atoms with Gasteiger partial charge in [-0.1, -0.05) is 109 Å². The molecule has 3 nitrogen and oxygen atoms in total. The summed E-state index contributed by atoms with van der Waals surface area (Å²) < 4.78 is 5.00. The van der Waals surface area contributed by atoms with E-state index >= 15 is 0 Å². The summed E-state index contributed by atoms with van der Waals surface area (Å²) in [6.07, 6.45) is 0. The third-order valence-corrected chi connectivity index (χ3v) is 10.8. The molecule has 0 atom stereocenters. The van der Waals surface area contributed by atoms with E-state index < -0.39 is 0 Å². The van der Waals surface area contributed by atoms with E-state index in [2.05, 4.69) is 162 Å². The highest BCUT2D eigenvalue weighted by Gasteiger charge is 2.28. The van der Waals surface area contributed by atoms with Gasteiger partial charge in [-0.2, -0.15) is 0 Å². The molecule has 4 heteroatoms. The van der Waals surface area contributed by atoms with E-state index in [0.717, 1.165) is 18.7 Å². The molecule has 1 aliphatic rings. The van der Waals surface area contributed by atoms with Crippen molar-refractivity contribution in [3.8, 4) is 16.8 Å². The van der Waals surface area contributed by atoms with Crippen molar-refractivity contribution in [1.29, 1.82) is 0 Å². The van der Waals surface area contributed by atoms with Gasteiger partial charge in [0.25, 0.3) is 0 Å². The molecule has 0 saturated heterocycles. The van der Waals surface area contributed by atoms with Gasteiger partial charge < -0.3 is 14.3 Å². The Balaban J connectivity index is 1.28. The number of fused-ring (bicyclic) bond motifs is 11. The maximum Gasteiger partial charge on any atom is 0.198 e. The van der Waals surface area contributed by atoms with Crippen LogP contribution in [0.1, 0.15) is 11.1 Å². The first kappa shape index (κ1) is 26.1. The number of rotatable bonds is 3. The molecule has 0 bridgehead atoms. The lowest BCUT2D eigenvalue weighted by Crippen LogP contribution is -2.37. The highest BCUT2D eigenvalue weighted by Crippen LogP contribution is 2.46. The molecule has 0 radical (unpaired) electrons. The SMILES string of the molecule is Cc1cc(-c2ccc3c(c2Nc2ccccc2C)c2cccc4c5ccccc5n3c42)c2c(c1)-n1c3ccccc3c3cccc(c31)B2. The van der Waals surface area contributed by atoms with Crippen LogP contribution in [-0.2, 0) is 0 Å². The van der Waals surface area contributed by atoms with Crippen molar-refractivity contribution >= 4 is 89.5 Å². The quantitative estimate of drug-likeness (QED) is 0.198. The molecule has 0 fully saturated rings. The van der Waals surface area contributed by atoms with Gasteiger partial charge in [-0.15, -0.1) is 0 Å². The maximum atomic E-state index is 4.02. The number of hydrogen-bond acceptors (Lipinski definition) is 1. The first-order chi connectivity index (χ1) is 23.7. The normalized spacial score (nSPS) is 12.5. The monoisotopic (exact) mass is 611 g/mol. The molecule has 0 amide bonds. The molecular formula is C44H30BN3. The predicted molar refractivity (Wildman–Crippen MR) is 206 cm³/mol. The van der Waals surface area contributed by atoms with E-state index in [1.54, 1.807) is 0 Å². The molecule has 10 aromatic rings. The molecule has 4 heterocycles. The minimum absolute atomic E-state index is 0.889. The van der Waals surface area contributed by atoms with Gasteiger partial charge in [0.15, 0.2) is 7.28 Å². The average Bonchev–Trinajstić information content (AvgIpc) is 3.76. The van der Waals surface area contributed by atoms with Crippen molar-refractivity contribution in [2.45, 2.75) is 13.8 Å². The van der Waals surface area contributed by atoms with Crippen LogP contribution < -0.4 is 16.2 Å². The van der Waals surface area contributed by atoms with E-state index in [1.807, 2.05) is 0 Å². The molecule has 3 aromatic heterocycles. The number of nitrogens with zero attached hydrogens (tertiary/aromatic N) is 2. The smallest absolute Gasteiger partial charge is 0.198 e. The number of aryl methyl sites for hydroxylation is 2. The summed E-state index contributed by atoms with van der Waals surface area (Å²) in [5.74, 6) is 0. The number of benzene rings is 7. The summed E-state index contributed by atoms with van der Waals surface area (Å²) >= 11 is 0. The second-order valence-electron chi connectivity index (χ2n) is 13.5. The van der Waals surface area contributed by atoms with Gasteiger partial charge in [-0.05, 0) is 66.3 Å². The molecule has 0 saturated carbocycles. The van der Waals surface area contributed by atoms with Crippen LogP contribution in [0.2, 0.25) is 0 Å². The van der Waals surface area contributed by atoms with Gasteiger partial charge >= 0.3 is 0 Å². The Morgan fingerprint density at radius 2 is 1.23 bits per heavy atom. The molecular weight excluding hydrogens is 581 g/mol. The minimum Gasteiger partial charge on any atom is -0.354 e. The third-order valence-electron chi connectivity index (χ3n) is 10.8. The van der Waals surface area contributed by atoms with E-state index in [1.165, 1.54) is 98.8 Å². The standard InChI is InChI=1S/C44H30BN3/c1-25-23-33(41-39(24-25)48-37-20-8-5-13-28(37)31-15-10-17-34(45-41)44(31)48)29-21-22-38-40(42(29)46-35-18-6-3-11-26(35)2)32-16-9-14-30-27-12-4-7-19-36(27)47(38)43(30)32/h3-24,45-46H,1-2H3. The van der Waals surface area contributed by atoms with E-state index in [-0.39, 0.29) is 0 Å². The number of nitrogens with one attached hydrogen (secondary N) is 1. The van der Waals surface area contributed by atoms with Gasteiger partial charge in [0, 0.05) is 54.8 Å². The van der Waals surface area contributed by atoms with Crippen molar-refractivity contribution in [2.75, 3.05) is 5.32 Å². The fourth-order valence-electron chi connectivity index (χ4n) is 8.82. The Morgan fingerprint density at radius 3 is 2.08 bits per heavy atom. The Labute approximate surface area is 278 Å². The number of anilines is 2. The lowest BCUT2D eigenvalue weighted by atomic mass is 9.59. The first-order valence-corrected chi connectivity index (χ1v) is 16.8. The average molecular weight is 612 g/mol. The topological polar surface area (TPSA) is 21.4 Å². The Morgan fingerprint density at radius 1 is 0.542 bits per heavy atom. The highest BCUT2D eigenvalue weighted by molar-refractivity contribution is 6.73. The van der Waals surface area contributed by atoms with Gasteiger partial charge in [0.2, 0.25) is 0 Å². The fourth-order valence-corrected chi connectivity index (χ4v) is 8.82. The Hall–Kier alpha value is -6.00. The molecule has 224 valence electrons. The van der Waals surface area contributed by atoms with Crippen molar-refractivity contribution in [3.05, 3.63) is 145 Å². The van der Waals surface area contributed by atoms with Crippen LogP contribution in [0.5, 0.6) is 0 Å². The van der Waals surface area contributed by atoms with Crippen molar-refractivity contribution < 1.29 is 0 Å². The van der Waals surface area contributed by atoms with E-state index in [9.17, 15) is 0 Å². The fraction of sp³-hybridized carbons (Fsp3) is 0.0455. The van der Waals surface area contributed by atoms with Crippen molar-refractivity contribution in [2.24, 2.45) is 0 Å². The van der Waals surface area contributed by atoms with Crippen LogP contribution in [0.3, 0.4) is 0 Å². The van der Waals surface area contributed by atoms with Crippen LogP contribution in [0.4, 0.5) is 11.4 Å². The van der Waals surface area contributed by atoms with Crippen LogP contribution in [0.25, 0.3) is 76.7 Å².